The van der Waals surface area contributed by atoms with Gasteiger partial charge < -0.3 is 0 Å². The van der Waals surface area contributed by atoms with E-state index in [1.54, 1.807) is 10.7 Å². The molecule has 0 aliphatic carbocycles. The van der Waals surface area contributed by atoms with Crippen molar-refractivity contribution in [1.82, 2.24) is 15.2 Å². The summed E-state index contributed by atoms with van der Waals surface area (Å²) in [5.74, 6) is 4.88. The van der Waals surface area contributed by atoms with Gasteiger partial charge in [-0.15, -0.1) is 0 Å². The van der Waals surface area contributed by atoms with Crippen molar-refractivity contribution in [3.63, 3.8) is 0 Å². The second kappa shape index (κ2) is 7.50. The number of rotatable bonds is 4. The van der Waals surface area contributed by atoms with Gasteiger partial charge >= 0.3 is 0 Å². The van der Waals surface area contributed by atoms with Crippen molar-refractivity contribution in [2.24, 2.45) is 5.84 Å². The van der Waals surface area contributed by atoms with Crippen LogP contribution >= 0.6 is 0 Å². The van der Waals surface area contributed by atoms with E-state index in [0.29, 0.717) is 0 Å². The van der Waals surface area contributed by atoms with Crippen LogP contribution in [0.15, 0.2) is 84.9 Å². The van der Waals surface area contributed by atoms with E-state index in [1.807, 2.05) is 61.5 Å². The quantitative estimate of drug-likeness (QED) is 0.323. The molecule has 0 aliphatic heterocycles. The molecule has 0 fully saturated rings. The summed E-state index contributed by atoms with van der Waals surface area (Å²) in [6.45, 7) is 2.02. The number of nitrogens with two attached hydrogens (primary N) is 1. The predicted molar refractivity (Wildman–Crippen MR) is 111 cm³/mol. The van der Waals surface area contributed by atoms with Gasteiger partial charge in [0.05, 0.1) is 11.4 Å². The minimum Gasteiger partial charge on any atom is -0.289 e. The maximum absolute atomic E-state index is 12.0. The third-order valence-electron chi connectivity index (χ3n) is 4.61. The van der Waals surface area contributed by atoms with Crippen LogP contribution in [0.3, 0.4) is 0 Å². The molecule has 3 aromatic carbocycles. The fraction of sp³-hybridized carbons (Fsp3) is 0.0435. The number of hydrazine groups is 1. The van der Waals surface area contributed by atoms with E-state index in [2.05, 4.69) is 34.8 Å². The summed E-state index contributed by atoms with van der Waals surface area (Å²) in [5, 5.41) is 4.47. The zero-order valence-electron chi connectivity index (χ0n) is 15.5. The lowest BCUT2D eigenvalue weighted by molar-refractivity contribution is 0.0948. The summed E-state index contributed by atoms with van der Waals surface area (Å²) < 4.78 is 1.77. The Bertz CT molecular complexity index is 1120. The number of nitrogens with zero attached hydrogens (tertiary/aromatic N) is 2. The Morgan fingerprint density at radius 1 is 0.857 bits per heavy atom. The van der Waals surface area contributed by atoms with E-state index >= 15 is 0 Å². The smallest absolute Gasteiger partial charge is 0.285 e. The van der Waals surface area contributed by atoms with Crippen molar-refractivity contribution in [2.75, 3.05) is 0 Å². The Labute approximate surface area is 163 Å². The molecule has 1 amide bonds. The molecule has 138 valence electrons. The van der Waals surface area contributed by atoms with Crippen LogP contribution in [0.1, 0.15) is 16.1 Å². The highest BCUT2D eigenvalue weighted by Crippen LogP contribution is 2.27. The van der Waals surface area contributed by atoms with E-state index in [-0.39, 0.29) is 5.69 Å². The molecule has 0 saturated carbocycles. The van der Waals surface area contributed by atoms with E-state index < -0.39 is 5.91 Å². The lowest BCUT2D eigenvalue weighted by atomic mass is 10.0. The molecule has 5 heteroatoms. The zero-order valence-corrected chi connectivity index (χ0v) is 15.5. The first-order chi connectivity index (χ1) is 13.7. The van der Waals surface area contributed by atoms with Gasteiger partial charge in [-0.05, 0) is 41.8 Å². The van der Waals surface area contributed by atoms with Gasteiger partial charge in [-0.1, -0.05) is 66.7 Å². The Hall–Kier alpha value is -3.70. The van der Waals surface area contributed by atoms with E-state index in [4.69, 9.17) is 5.84 Å². The van der Waals surface area contributed by atoms with Gasteiger partial charge in [0.25, 0.3) is 5.91 Å². The highest BCUT2D eigenvalue weighted by atomic mass is 16.2. The number of carbonyl (C=O) groups is 1. The molecule has 0 spiro atoms. The largest absolute Gasteiger partial charge is 0.289 e. The maximum atomic E-state index is 12.0. The fourth-order valence-corrected chi connectivity index (χ4v) is 3.19. The normalized spacial score (nSPS) is 10.6. The summed E-state index contributed by atoms with van der Waals surface area (Å²) in [6.07, 6.45) is 0. The van der Waals surface area contributed by atoms with Crippen molar-refractivity contribution >= 4 is 5.91 Å². The van der Waals surface area contributed by atoms with Crippen molar-refractivity contribution in [3.8, 4) is 28.1 Å². The molecular weight excluding hydrogens is 348 g/mol. The standard InChI is InChI=1S/C23H20N4O/c1-16-6-5-9-20(14-16)27-22(15-21(26-27)23(28)25-24)19-12-10-18(11-13-19)17-7-3-2-4-8-17/h2-15H,24H2,1H3,(H,25,28). The minimum absolute atomic E-state index is 0.270. The summed E-state index contributed by atoms with van der Waals surface area (Å²) in [5.41, 5.74) is 8.50. The number of hydrogen-bond acceptors (Lipinski definition) is 3. The van der Waals surface area contributed by atoms with Gasteiger partial charge in [0.2, 0.25) is 0 Å². The van der Waals surface area contributed by atoms with Gasteiger partial charge in [-0.25, -0.2) is 10.5 Å². The molecule has 0 bridgehead atoms. The highest BCUT2D eigenvalue weighted by molar-refractivity contribution is 5.93. The monoisotopic (exact) mass is 368 g/mol. The van der Waals surface area contributed by atoms with Gasteiger partial charge in [0, 0.05) is 5.56 Å². The fourth-order valence-electron chi connectivity index (χ4n) is 3.19. The van der Waals surface area contributed by atoms with Crippen LogP contribution in [-0.2, 0) is 0 Å². The number of nitrogen functional groups attached to an aromatic ring is 1. The molecule has 1 aromatic heterocycles. The number of aryl methyl sites for hydroxylation is 1. The minimum atomic E-state index is -0.423. The zero-order chi connectivity index (χ0) is 19.5. The molecule has 28 heavy (non-hydrogen) atoms. The molecule has 0 atom stereocenters. The first-order valence-electron chi connectivity index (χ1n) is 8.99. The predicted octanol–water partition coefficient (Wildman–Crippen LogP) is 4.12. The summed E-state index contributed by atoms with van der Waals surface area (Å²) in [4.78, 5) is 12.0. The summed E-state index contributed by atoms with van der Waals surface area (Å²) in [7, 11) is 0. The van der Waals surface area contributed by atoms with Crippen molar-refractivity contribution in [2.45, 2.75) is 6.92 Å². The van der Waals surface area contributed by atoms with Gasteiger partial charge in [-0.2, -0.15) is 5.10 Å². The van der Waals surface area contributed by atoms with Crippen molar-refractivity contribution < 1.29 is 4.79 Å². The third kappa shape index (κ3) is 3.43. The average molecular weight is 368 g/mol. The number of carbonyl (C=O) groups excluding carboxylic acids is 1. The SMILES string of the molecule is Cc1cccc(-n2nc(C(=O)NN)cc2-c2ccc(-c3ccccc3)cc2)c1. The van der Waals surface area contributed by atoms with Crippen LogP contribution in [0.5, 0.6) is 0 Å². The Kier molecular flexibility index (Phi) is 4.74. The first kappa shape index (κ1) is 17.7. The Morgan fingerprint density at radius 2 is 1.54 bits per heavy atom. The highest BCUT2D eigenvalue weighted by Gasteiger charge is 2.16. The van der Waals surface area contributed by atoms with E-state index in [9.17, 15) is 4.79 Å². The molecule has 1 heterocycles. The van der Waals surface area contributed by atoms with Gasteiger partial charge in [-0.3, -0.25) is 10.2 Å². The molecule has 0 radical (unpaired) electrons. The number of hydrogen-bond donors (Lipinski definition) is 2. The second-order valence-electron chi connectivity index (χ2n) is 6.58. The molecule has 0 saturated heterocycles. The molecular formula is C23H20N4O. The molecule has 4 rings (SSSR count). The molecule has 5 nitrogen and oxygen atoms in total. The maximum Gasteiger partial charge on any atom is 0.285 e. The van der Waals surface area contributed by atoms with E-state index in [1.165, 1.54) is 0 Å². The van der Waals surface area contributed by atoms with Crippen LogP contribution in [0.4, 0.5) is 0 Å². The number of aromatic nitrogens is 2. The Morgan fingerprint density at radius 3 is 2.21 bits per heavy atom. The third-order valence-corrected chi connectivity index (χ3v) is 4.61. The van der Waals surface area contributed by atoms with Gasteiger partial charge in [0.1, 0.15) is 0 Å². The van der Waals surface area contributed by atoms with Crippen molar-refractivity contribution in [3.05, 3.63) is 96.2 Å². The number of benzene rings is 3. The second-order valence-corrected chi connectivity index (χ2v) is 6.58. The van der Waals surface area contributed by atoms with E-state index in [0.717, 1.165) is 33.6 Å². The van der Waals surface area contributed by atoms with Gasteiger partial charge in [0.15, 0.2) is 5.69 Å². The number of nitrogens with one attached hydrogen (secondary N) is 1. The summed E-state index contributed by atoms with van der Waals surface area (Å²) >= 11 is 0. The lowest BCUT2D eigenvalue weighted by Crippen LogP contribution is -2.30. The van der Waals surface area contributed by atoms with Crippen LogP contribution in [0.2, 0.25) is 0 Å². The van der Waals surface area contributed by atoms with Crippen LogP contribution in [0, 0.1) is 6.92 Å². The van der Waals surface area contributed by atoms with Crippen LogP contribution < -0.4 is 11.3 Å². The van der Waals surface area contributed by atoms with Crippen LogP contribution in [0.25, 0.3) is 28.1 Å². The number of amides is 1. The molecule has 0 aliphatic rings. The summed E-state index contributed by atoms with van der Waals surface area (Å²) in [6, 6.07) is 28.2. The molecule has 0 unspecified atom stereocenters. The first-order valence-corrected chi connectivity index (χ1v) is 8.99. The lowest BCUT2D eigenvalue weighted by Gasteiger charge is -2.09. The van der Waals surface area contributed by atoms with Crippen LogP contribution in [-0.4, -0.2) is 15.7 Å². The molecule has 3 N–H and O–H groups in total. The Balaban J connectivity index is 1.80. The topological polar surface area (TPSA) is 72.9 Å². The molecule has 4 aromatic rings. The average Bonchev–Trinajstić information content (AvgIpc) is 3.19. The van der Waals surface area contributed by atoms with Crippen molar-refractivity contribution in [1.29, 1.82) is 0 Å².